The third kappa shape index (κ3) is 2.81. The molecule has 3 heterocycles. The molecule has 2 aliphatic rings. The molecular weight excluding hydrogens is 284 g/mol. The van der Waals surface area contributed by atoms with Gasteiger partial charge in [-0.3, -0.25) is 14.6 Å². The minimum Gasteiger partial charge on any atom is -0.363 e. The van der Waals surface area contributed by atoms with Crippen molar-refractivity contribution < 1.29 is 14.3 Å². The Bertz CT molecular complexity index is 579. The fraction of sp³-hybridized carbons (Fsp3) is 0.600. The average Bonchev–Trinajstić information content (AvgIpc) is 2.52. The first-order chi connectivity index (χ1) is 10.5. The molecule has 2 aliphatic heterocycles. The Morgan fingerprint density at radius 1 is 1.27 bits per heavy atom. The minimum absolute atomic E-state index is 0.0130. The van der Waals surface area contributed by atoms with Crippen molar-refractivity contribution >= 4 is 11.8 Å². The lowest BCUT2D eigenvalue weighted by molar-refractivity contribution is -0.167. The molecule has 3 rings (SSSR count). The number of carbonyl (C=O) groups is 2. The summed E-state index contributed by atoms with van der Waals surface area (Å²) in [7, 11) is 1.80. The number of morpholine rings is 1. The average molecular weight is 304 g/mol. The van der Waals surface area contributed by atoms with Gasteiger partial charge in [0.15, 0.2) is 0 Å². The molecule has 0 atom stereocenters. The first-order valence-electron chi connectivity index (χ1n) is 7.45. The van der Waals surface area contributed by atoms with Crippen molar-refractivity contribution in [2.24, 2.45) is 0 Å². The number of carbonyl (C=O) groups excluding carboxylic acids is 2. The van der Waals surface area contributed by atoms with Crippen LogP contribution in [0.5, 0.6) is 0 Å². The zero-order valence-electron chi connectivity index (χ0n) is 12.9. The van der Waals surface area contributed by atoms with Crippen LogP contribution in [0.15, 0.2) is 12.4 Å². The van der Waals surface area contributed by atoms with E-state index in [1.807, 2.05) is 6.92 Å². The first kappa shape index (κ1) is 14.9. The molecule has 0 aromatic carbocycles. The van der Waals surface area contributed by atoms with E-state index in [4.69, 9.17) is 4.74 Å². The van der Waals surface area contributed by atoms with E-state index < -0.39 is 0 Å². The molecule has 0 aliphatic carbocycles. The Kier molecular flexibility index (Phi) is 3.82. The summed E-state index contributed by atoms with van der Waals surface area (Å²) in [6, 6.07) is 0. The summed E-state index contributed by atoms with van der Waals surface area (Å²) in [6.07, 6.45) is 4.58. The van der Waals surface area contributed by atoms with Gasteiger partial charge in [0.2, 0.25) is 5.91 Å². The van der Waals surface area contributed by atoms with Crippen LogP contribution in [0.1, 0.15) is 29.0 Å². The van der Waals surface area contributed by atoms with Gasteiger partial charge in [-0.25, -0.2) is 4.98 Å². The van der Waals surface area contributed by atoms with Crippen LogP contribution in [-0.4, -0.2) is 70.5 Å². The largest absolute Gasteiger partial charge is 0.363 e. The number of likely N-dealkylation sites (tertiary alicyclic amines) is 1. The summed E-state index contributed by atoms with van der Waals surface area (Å²) < 4.78 is 5.78. The zero-order chi connectivity index (χ0) is 15.7. The molecule has 0 saturated carbocycles. The predicted molar refractivity (Wildman–Crippen MR) is 78.2 cm³/mol. The van der Waals surface area contributed by atoms with E-state index in [9.17, 15) is 9.59 Å². The molecule has 0 N–H and O–H groups in total. The number of aromatic nitrogens is 2. The second-order valence-electron chi connectivity index (χ2n) is 6.06. The van der Waals surface area contributed by atoms with Crippen molar-refractivity contribution in [2.75, 3.05) is 33.3 Å². The Hall–Kier alpha value is -2.02. The maximum Gasteiger partial charge on any atom is 0.274 e. The monoisotopic (exact) mass is 304 g/mol. The Labute approximate surface area is 129 Å². The van der Waals surface area contributed by atoms with Crippen LogP contribution in [-0.2, 0) is 9.53 Å². The smallest absolute Gasteiger partial charge is 0.274 e. The lowest BCUT2D eigenvalue weighted by Gasteiger charge is -2.46. The number of nitrogens with zero attached hydrogens (tertiary/aromatic N) is 4. The van der Waals surface area contributed by atoms with Crippen molar-refractivity contribution in [1.29, 1.82) is 0 Å². The Morgan fingerprint density at radius 2 is 2.00 bits per heavy atom. The van der Waals surface area contributed by atoms with Crippen LogP contribution in [0.25, 0.3) is 0 Å². The summed E-state index contributed by atoms with van der Waals surface area (Å²) >= 11 is 0. The summed E-state index contributed by atoms with van der Waals surface area (Å²) in [5.74, 6) is -0.0818. The predicted octanol–water partition coefficient (Wildman–Crippen LogP) is 0.248. The highest BCUT2D eigenvalue weighted by atomic mass is 16.5. The number of rotatable bonds is 1. The maximum atomic E-state index is 12.4. The minimum atomic E-state index is -0.307. The van der Waals surface area contributed by atoms with E-state index in [1.165, 1.54) is 6.20 Å². The lowest BCUT2D eigenvalue weighted by Crippen LogP contribution is -2.58. The van der Waals surface area contributed by atoms with E-state index in [2.05, 4.69) is 9.97 Å². The Balaban J connectivity index is 1.63. The third-order valence-corrected chi connectivity index (χ3v) is 4.41. The molecule has 1 spiro atoms. The van der Waals surface area contributed by atoms with Crippen molar-refractivity contribution in [3.63, 3.8) is 0 Å². The summed E-state index contributed by atoms with van der Waals surface area (Å²) in [5.41, 5.74) is 0.856. The number of aryl methyl sites for hydroxylation is 1. The molecule has 2 amide bonds. The van der Waals surface area contributed by atoms with Gasteiger partial charge in [-0.2, -0.15) is 0 Å². The number of hydrogen-bond acceptors (Lipinski definition) is 5. The molecule has 118 valence electrons. The van der Waals surface area contributed by atoms with Gasteiger partial charge in [0.1, 0.15) is 12.3 Å². The highest BCUT2D eigenvalue weighted by molar-refractivity contribution is 5.92. The van der Waals surface area contributed by atoms with Gasteiger partial charge < -0.3 is 14.5 Å². The molecule has 7 nitrogen and oxygen atoms in total. The molecule has 0 unspecified atom stereocenters. The van der Waals surface area contributed by atoms with Crippen molar-refractivity contribution in [1.82, 2.24) is 19.8 Å². The van der Waals surface area contributed by atoms with Gasteiger partial charge in [-0.05, 0) is 19.8 Å². The molecule has 2 fully saturated rings. The summed E-state index contributed by atoms with van der Waals surface area (Å²) in [6.45, 7) is 3.78. The fourth-order valence-corrected chi connectivity index (χ4v) is 2.98. The van der Waals surface area contributed by atoms with E-state index in [0.717, 1.165) is 18.5 Å². The number of likely N-dealkylation sites (N-methyl/N-ethyl adjacent to an activating group) is 1. The van der Waals surface area contributed by atoms with E-state index in [-0.39, 0.29) is 24.0 Å². The van der Waals surface area contributed by atoms with Crippen LogP contribution < -0.4 is 0 Å². The van der Waals surface area contributed by atoms with Crippen LogP contribution in [0, 0.1) is 6.92 Å². The number of amides is 2. The second kappa shape index (κ2) is 5.64. The molecule has 0 bridgehead atoms. The van der Waals surface area contributed by atoms with Gasteiger partial charge in [-0.15, -0.1) is 0 Å². The van der Waals surface area contributed by atoms with Gasteiger partial charge in [0.05, 0.1) is 17.5 Å². The zero-order valence-corrected chi connectivity index (χ0v) is 12.9. The van der Waals surface area contributed by atoms with Crippen molar-refractivity contribution in [3.8, 4) is 0 Å². The summed E-state index contributed by atoms with van der Waals surface area (Å²) in [5, 5.41) is 0. The van der Waals surface area contributed by atoms with E-state index in [0.29, 0.717) is 25.3 Å². The molecule has 1 aromatic heterocycles. The van der Waals surface area contributed by atoms with E-state index >= 15 is 0 Å². The molecule has 7 heteroatoms. The molecular formula is C15H20N4O3. The Morgan fingerprint density at radius 3 is 2.59 bits per heavy atom. The van der Waals surface area contributed by atoms with Gasteiger partial charge in [-0.1, -0.05) is 0 Å². The van der Waals surface area contributed by atoms with Gasteiger partial charge >= 0.3 is 0 Å². The molecule has 2 saturated heterocycles. The third-order valence-electron chi connectivity index (χ3n) is 4.41. The highest BCUT2D eigenvalue weighted by Gasteiger charge is 2.42. The van der Waals surface area contributed by atoms with Crippen LogP contribution in [0.4, 0.5) is 0 Å². The summed E-state index contributed by atoms with van der Waals surface area (Å²) in [4.78, 5) is 35.7. The fourth-order valence-electron chi connectivity index (χ4n) is 2.98. The van der Waals surface area contributed by atoms with Gasteiger partial charge in [0, 0.05) is 32.9 Å². The van der Waals surface area contributed by atoms with Crippen LogP contribution >= 0.6 is 0 Å². The van der Waals surface area contributed by atoms with Crippen molar-refractivity contribution in [2.45, 2.75) is 25.4 Å². The number of hydrogen-bond donors (Lipinski definition) is 0. The maximum absolute atomic E-state index is 12.4. The van der Waals surface area contributed by atoms with Crippen molar-refractivity contribution in [3.05, 3.63) is 23.8 Å². The van der Waals surface area contributed by atoms with Crippen LogP contribution in [0.3, 0.4) is 0 Å². The quantitative estimate of drug-likeness (QED) is 0.743. The molecule has 0 radical (unpaired) electrons. The highest BCUT2D eigenvalue weighted by Crippen LogP contribution is 2.30. The standard InChI is InChI=1S/C15H20N4O3/c1-11-7-17-12(8-16-11)14(21)19-5-3-15(4-6-19)10-18(2)13(20)9-22-15/h7-8H,3-6,9-10H2,1-2H3. The van der Waals surface area contributed by atoms with E-state index in [1.54, 1.807) is 23.0 Å². The molecule has 1 aromatic rings. The SMILES string of the molecule is Cc1cnc(C(=O)N2CCC3(CC2)CN(C)C(=O)CO3)cn1. The number of piperidine rings is 1. The van der Waals surface area contributed by atoms with Gasteiger partial charge in [0.25, 0.3) is 5.91 Å². The normalized spacial score (nSPS) is 21.3. The van der Waals surface area contributed by atoms with Crippen LogP contribution in [0.2, 0.25) is 0 Å². The first-order valence-corrected chi connectivity index (χ1v) is 7.45. The second-order valence-corrected chi connectivity index (χ2v) is 6.06. The number of ether oxygens (including phenoxy) is 1. The topological polar surface area (TPSA) is 75.6 Å². The lowest BCUT2D eigenvalue weighted by atomic mass is 9.89. The molecule has 22 heavy (non-hydrogen) atoms.